The highest BCUT2D eigenvalue weighted by atomic mass is 14.7. The minimum absolute atomic E-state index is 1.15. The van der Waals surface area contributed by atoms with Crippen LogP contribution in [0, 0.1) is 13.8 Å². The first-order valence-corrected chi connectivity index (χ1v) is 5.66. The molecule has 1 heterocycles. The molecule has 0 aliphatic rings. The lowest BCUT2D eigenvalue weighted by molar-refractivity contribution is 0.665. The standard InChI is InChI=1S/C13H21N/c1-4-5-6-7-8-13-9-11(2)12(3)14-10-13/h9-10H,4-8H2,1-3H3. The van der Waals surface area contributed by atoms with Gasteiger partial charge in [0, 0.05) is 11.9 Å². The van der Waals surface area contributed by atoms with Gasteiger partial charge in [0.25, 0.3) is 0 Å². The minimum Gasteiger partial charge on any atom is -0.261 e. The van der Waals surface area contributed by atoms with Crippen molar-refractivity contribution in [2.75, 3.05) is 0 Å². The van der Waals surface area contributed by atoms with Crippen molar-refractivity contribution in [3.63, 3.8) is 0 Å². The summed E-state index contributed by atoms with van der Waals surface area (Å²) in [6, 6.07) is 2.27. The summed E-state index contributed by atoms with van der Waals surface area (Å²) < 4.78 is 0. The zero-order valence-corrected chi connectivity index (χ0v) is 9.64. The number of hydrogen-bond donors (Lipinski definition) is 0. The molecule has 0 fully saturated rings. The van der Waals surface area contributed by atoms with Crippen molar-refractivity contribution >= 4 is 0 Å². The summed E-state index contributed by atoms with van der Waals surface area (Å²) in [7, 11) is 0. The van der Waals surface area contributed by atoms with Gasteiger partial charge in [-0.1, -0.05) is 32.3 Å². The monoisotopic (exact) mass is 191 g/mol. The van der Waals surface area contributed by atoms with Gasteiger partial charge in [0.05, 0.1) is 0 Å². The van der Waals surface area contributed by atoms with E-state index in [0.717, 1.165) is 5.69 Å². The molecule has 0 N–H and O–H groups in total. The van der Waals surface area contributed by atoms with E-state index in [0.29, 0.717) is 0 Å². The van der Waals surface area contributed by atoms with Crippen LogP contribution in [0.1, 0.15) is 49.4 Å². The molecule has 1 nitrogen and oxygen atoms in total. The molecule has 0 aromatic carbocycles. The molecule has 0 unspecified atom stereocenters. The predicted molar refractivity (Wildman–Crippen MR) is 61.6 cm³/mol. The summed E-state index contributed by atoms with van der Waals surface area (Å²) in [5.74, 6) is 0. The molecule has 0 amide bonds. The Kier molecular flexibility index (Phi) is 4.64. The van der Waals surface area contributed by atoms with Crippen molar-refractivity contribution < 1.29 is 0 Å². The third-order valence-corrected chi connectivity index (χ3v) is 2.72. The second-order valence-corrected chi connectivity index (χ2v) is 4.06. The quantitative estimate of drug-likeness (QED) is 0.645. The molecule has 0 saturated carbocycles. The largest absolute Gasteiger partial charge is 0.261 e. The van der Waals surface area contributed by atoms with Crippen LogP contribution in [0.25, 0.3) is 0 Å². The van der Waals surface area contributed by atoms with Gasteiger partial charge >= 0.3 is 0 Å². The Balaban J connectivity index is 2.39. The van der Waals surface area contributed by atoms with Crippen LogP contribution in [0.4, 0.5) is 0 Å². The zero-order chi connectivity index (χ0) is 10.4. The SMILES string of the molecule is CCCCCCc1cnc(C)c(C)c1. The summed E-state index contributed by atoms with van der Waals surface area (Å²) in [5.41, 5.74) is 3.87. The van der Waals surface area contributed by atoms with Crippen LogP contribution in [0.3, 0.4) is 0 Å². The van der Waals surface area contributed by atoms with E-state index in [9.17, 15) is 0 Å². The van der Waals surface area contributed by atoms with E-state index >= 15 is 0 Å². The van der Waals surface area contributed by atoms with Crippen molar-refractivity contribution in [2.45, 2.75) is 52.9 Å². The third kappa shape index (κ3) is 3.49. The Morgan fingerprint density at radius 2 is 1.93 bits per heavy atom. The normalized spacial score (nSPS) is 10.5. The van der Waals surface area contributed by atoms with Gasteiger partial charge in [0.15, 0.2) is 0 Å². The molecule has 0 saturated heterocycles. The molecule has 14 heavy (non-hydrogen) atoms. The first-order chi connectivity index (χ1) is 6.74. The number of unbranched alkanes of at least 4 members (excludes halogenated alkanes) is 3. The molecule has 1 aromatic rings. The predicted octanol–water partition coefficient (Wildman–Crippen LogP) is 3.82. The average molecular weight is 191 g/mol. The van der Waals surface area contributed by atoms with E-state index in [2.05, 4.69) is 31.8 Å². The maximum Gasteiger partial charge on any atom is 0.0401 e. The lowest BCUT2D eigenvalue weighted by atomic mass is 10.1. The highest BCUT2D eigenvalue weighted by molar-refractivity contribution is 5.22. The van der Waals surface area contributed by atoms with Crippen molar-refractivity contribution in [2.24, 2.45) is 0 Å². The number of pyridine rings is 1. The van der Waals surface area contributed by atoms with Gasteiger partial charge < -0.3 is 0 Å². The van der Waals surface area contributed by atoms with E-state index in [4.69, 9.17) is 0 Å². The fourth-order valence-electron chi connectivity index (χ4n) is 1.59. The van der Waals surface area contributed by atoms with E-state index < -0.39 is 0 Å². The highest BCUT2D eigenvalue weighted by Gasteiger charge is 1.97. The summed E-state index contributed by atoms with van der Waals surface area (Å²) in [5, 5.41) is 0. The molecular weight excluding hydrogens is 170 g/mol. The topological polar surface area (TPSA) is 12.9 Å². The lowest BCUT2D eigenvalue weighted by Crippen LogP contribution is -1.92. The summed E-state index contributed by atoms with van der Waals surface area (Å²) >= 11 is 0. The fourth-order valence-corrected chi connectivity index (χ4v) is 1.59. The summed E-state index contributed by atoms with van der Waals surface area (Å²) in [6.07, 6.45) is 8.54. The molecular formula is C13H21N. The minimum atomic E-state index is 1.15. The first kappa shape index (κ1) is 11.2. The Labute approximate surface area is 87.6 Å². The van der Waals surface area contributed by atoms with Crippen molar-refractivity contribution in [1.29, 1.82) is 0 Å². The van der Waals surface area contributed by atoms with Gasteiger partial charge in [0.2, 0.25) is 0 Å². The number of nitrogens with zero attached hydrogens (tertiary/aromatic N) is 1. The van der Waals surface area contributed by atoms with Crippen molar-refractivity contribution in [3.05, 3.63) is 29.1 Å². The molecule has 78 valence electrons. The molecule has 1 heteroatoms. The molecule has 0 atom stereocenters. The summed E-state index contributed by atoms with van der Waals surface area (Å²) in [4.78, 5) is 4.38. The van der Waals surface area contributed by atoms with Crippen LogP contribution < -0.4 is 0 Å². The van der Waals surface area contributed by atoms with Crippen LogP contribution in [0.15, 0.2) is 12.3 Å². The average Bonchev–Trinajstić information content (AvgIpc) is 2.18. The van der Waals surface area contributed by atoms with E-state index in [1.165, 1.54) is 43.2 Å². The van der Waals surface area contributed by atoms with Gasteiger partial charge in [-0.15, -0.1) is 0 Å². The van der Waals surface area contributed by atoms with Crippen LogP contribution in [-0.4, -0.2) is 4.98 Å². The van der Waals surface area contributed by atoms with Crippen LogP contribution in [0.5, 0.6) is 0 Å². The van der Waals surface area contributed by atoms with Gasteiger partial charge in [-0.2, -0.15) is 0 Å². The van der Waals surface area contributed by atoms with Crippen LogP contribution in [-0.2, 0) is 6.42 Å². The molecule has 0 spiro atoms. The van der Waals surface area contributed by atoms with Crippen molar-refractivity contribution in [3.8, 4) is 0 Å². The first-order valence-electron chi connectivity index (χ1n) is 5.66. The van der Waals surface area contributed by atoms with E-state index in [1.54, 1.807) is 0 Å². The summed E-state index contributed by atoms with van der Waals surface area (Å²) in [6.45, 7) is 6.45. The van der Waals surface area contributed by atoms with Crippen LogP contribution >= 0.6 is 0 Å². The van der Waals surface area contributed by atoms with E-state index in [1.807, 2.05) is 6.20 Å². The molecule has 0 radical (unpaired) electrons. The Morgan fingerprint density at radius 1 is 1.14 bits per heavy atom. The number of aryl methyl sites for hydroxylation is 3. The molecule has 0 aliphatic carbocycles. The number of aromatic nitrogens is 1. The molecule has 1 rings (SSSR count). The smallest absolute Gasteiger partial charge is 0.0401 e. The Hall–Kier alpha value is -0.850. The zero-order valence-electron chi connectivity index (χ0n) is 9.64. The second kappa shape index (κ2) is 5.79. The van der Waals surface area contributed by atoms with Gasteiger partial charge in [-0.3, -0.25) is 4.98 Å². The molecule has 1 aromatic heterocycles. The molecule has 0 bridgehead atoms. The Bertz CT molecular complexity index is 279. The highest BCUT2D eigenvalue weighted by Crippen LogP contribution is 2.10. The second-order valence-electron chi connectivity index (χ2n) is 4.06. The fraction of sp³-hybridized carbons (Fsp3) is 0.615. The third-order valence-electron chi connectivity index (χ3n) is 2.72. The maximum absolute atomic E-state index is 4.38. The number of hydrogen-bond acceptors (Lipinski definition) is 1. The maximum atomic E-state index is 4.38. The Morgan fingerprint density at radius 3 is 2.57 bits per heavy atom. The van der Waals surface area contributed by atoms with Gasteiger partial charge in [-0.25, -0.2) is 0 Å². The van der Waals surface area contributed by atoms with Crippen molar-refractivity contribution in [1.82, 2.24) is 4.98 Å². The number of rotatable bonds is 5. The van der Waals surface area contributed by atoms with E-state index in [-0.39, 0.29) is 0 Å². The van der Waals surface area contributed by atoms with Crippen LogP contribution in [0.2, 0.25) is 0 Å². The van der Waals surface area contributed by atoms with Gasteiger partial charge in [-0.05, 0) is 37.8 Å². The molecule has 0 aliphatic heterocycles. The lowest BCUT2D eigenvalue weighted by Gasteiger charge is -2.04. The van der Waals surface area contributed by atoms with Gasteiger partial charge in [0.1, 0.15) is 0 Å².